The summed E-state index contributed by atoms with van der Waals surface area (Å²) in [7, 11) is 1.45. The molecule has 16 unspecified atom stereocenters. The molecular formula is C81H87Cl2F3N14O26. The Hall–Kier alpha value is -12.5. The molecule has 0 aliphatic carbocycles. The van der Waals surface area contributed by atoms with Crippen LogP contribution in [0, 0.1) is 5.92 Å². The lowest BCUT2D eigenvalue weighted by Gasteiger charge is -2.48. The van der Waals surface area contributed by atoms with Crippen LogP contribution < -0.4 is 89.1 Å². The van der Waals surface area contributed by atoms with Crippen molar-refractivity contribution in [2.24, 2.45) is 17.4 Å². The number of carbonyl (C=O) groups is 10. The molecule has 8 heterocycles. The average molecular weight is 1800 g/mol. The Bertz CT molecular complexity index is 5360. The number of phenolic OH excluding ortho intramolecular Hbond substituents is 3. The fraction of sp³-hybridized carbons (Fsp3) is 0.370. The topological polar surface area (TPSA) is 615 Å². The number of hydrogen-bond acceptors (Lipinski definition) is 29. The minimum atomic E-state index is -4.99. The van der Waals surface area contributed by atoms with Gasteiger partial charge in [0.15, 0.2) is 23.9 Å². The molecule has 1 aromatic heterocycles. The molecule has 6 aromatic carbocycles. The number of pyridine rings is 1. The highest BCUT2D eigenvalue weighted by atomic mass is 35.5. The van der Waals surface area contributed by atoms with E-state index in [1.165, 1.54) is 38.5 Å². The Kier molecular flexibility index (Phi) is 28.3. The normalized spacial score (nSPS) is 25.9. The summed E-state index contributed by atoms with van der Waals surface area (Å²) in [5.41, 5.74) is 10.8. The maximum atomic E-state index is 16.3. The predicted octanol–water partition coefficient (Wildman–Crippen LogP) is 2.10. The van der Waals surface area contributed by atoms with Gasteiger partial charge < -0.3 is 138 Å². The van der Waals surface area contributed by atoms with Gasteiger partial charge in [-0.25, -0.2) is 10.2 Å². The maximum absolute atomic E-state index is 16.3. The van der Waals surface area contributed by atoms with E-state index in [0.717, 1.165) is 97.1 Å². The molecule has 0 spiro atoms. The predicted molar refractivity (Wildman–Crippen MR) is 430 cm³/mol. The Labute approximate surface area is 722 Å². The number of hydrogen-bond donors (Lipinski definition) is 22. The molecule has 0 saturated carbocycles. The third-order valence-electron chi connectivity index (χ3n) is 21.2. The molecule has 126 heavy (non-hydrogen) atoms. The number of alkyl halides is 3. The molecule has 18 atom stereocenters. The Morgan fingerprint density at radius 2 is 1.33 bits per heavy atom. The highest BCUT2D eigenvalue weighted by Crippen LogP contribution is 2.50. The quantitative estimate of drug-likeness (QED) is 0.0515. The summed E-state index contributed by atoms with van der Waals surface area (Å²) in [6, 6.07) is 2.82. The Morgan fingerprint density at radius 3 is 1.95 bits per heavy atom. The first-order valence-corrected chi connectivity index (χ1v) is 39.5. The van der Waals surface area contributed by atoms with Gasteiger partial charge in [0, 0.05) is 47.5 Å². The monoisotopic (exact) mass is 1800 g/mol. The van der Waals surface area contributed by atoms with Gasteiger partial charge in [0.05, 0.1) is 53.2 Å². The lowest BCUT2D eigenvalue weighted by molar-refractivity contribution is -0.334. The number of phenols is 3. The Morgan fingerprint density at radius 1 is 0.698 bits per heavy atom. The highest BCUT2D eigenvalue weighted by Gasteiger charge is 2.53. The first kappa shape index (κ1) is 92.7. The number of nitrogens with zero attached hydrogens (tertiary/aromatic N) is 1. The summed E-state index contributed by atoms with van der Waals surface area (Å²) >= 11 is 14.3. The second kappa shape index (κ2) is 38.5. The van der Waals surface area contributed by atoms with Crippen LogP contribution in [0.3, 0.4) is 0 Å². The molecule has 0 radical (unpaired) electrons. The third kappa shape index (κ3) is 21.2. The van der Waals surface area contributed by atoms with Crippen molar-refractivity contribution in [3.63, 3.8) is 0 Å². The van der Waals surface area contributed by atoms with Crippen LogP contribution in [-0.4, -0.2) is 209 Å². The second-order valence-electron chi connectivity index (χ2n) is 30.7. The number of rotatable bonds is 19. The van der Waals surface area contributed by atoms with E-state index in [-0.39, 0.29) is 47.7 Å². The van der Waals surface area contributed by atoms with Crippen LogP contribution in [0.15, 0.2) is 122 Å². The van der Waals surface area contributed by atoms with E-state index >= 15 is 24.0 Å². The van der Waals surface area contributed by atoms with Gasteiger partial charge in [-0.1, -0.05) is 55.2 Å². The van der Waals surface area contributed by atoms with Crippen LogP contribution in [0.1, 0.15) is 121 Å². The smallest absolute Gasteiger partial charge is 0.508 e. The summed E-state index contributed by atoms with van der Waals surface area (Å²) in [5, 5.41) is 129. The number of hydrazine groups is 1. The SMILES string of the molecule is CNC(CC(C)C)C(=O)NC1C(=O)NC(CC(N)=O)C(=O)NC2C(=O)NC3C(=O)NC(C(=O)N[C@@H](C(=O)NNC(N)=O)c4cc(O)cc(O)c4-c4cc3ccc4O)C(O)c3ccc(c(Cl)c3)Oc3cc2cc(c3OC2OC(CO)C(O)C(O)C2OC2C[C@@](C)(NCc3cncc(NC(=O)c4ccc(OC(F)(F)F)cc4)c3)C(O)C(C)O2)Oc2ccc(cc2Cl)C1O. The number of aliphatic hydroxyl groups is 6. The van der Waals surface area contributed by atoms with E-state index in [2.05, 4.69) is 57.6 Å². The number of likely N-dealkylation sites (N-methyl/N-ethyl adjacent to an activating group) is 1. The lowest BCUT2D eigenvalue weighted by Crippen LogP contribution is -2.65. The van der Waals surface area contributed by atoms with E-state index in [1.54, 1.807) is 20.8 Å². The lowest BCUT2D eigenvalue weighted by atomic mass is 9.84. The number of ether oxygens (including phenoxy) is 7. The summed E-state index contributed by atoms with van der Waals surface area (Å²) in [5.74, 6) is -17.7. The van der Waals surface area contributed by atoms with Gasteiger partial charge in [0.2, 0.25) is 53.4 Å². The van der Waals surface area contributed by atoms with Crippen molar-refractivity contribution in [3.8, 4) is 62.9 Å². The van der Waals surface area contributed by atoms with Gasteiger partial charge in [0.25, 0.3) is 11.8 Å². The van der Waals surface area contributed by atoms with Crippen molar-refractivity contribution in [3.05, 3.63) is 171 Å². The van der Waals surface area contributed by atoms with Gasteiger partial charge in [-0.15, -0.1) is 13.2 Å². The fourth-order valence-electron chi connectivity index (χ4n) is 14.8. The number of aromatic nitrogens is 1. The van der Waals surface area contributed by atoms with E-state index in [4.69, 9.17) is 63.1 Å². The largest absolute Gasteiger partial charge is 0.573 e. The molecule has 7 aliphatic rings. The van der Waals surface area contributed by atoms with Crippen molar-refractivity contribution >= 4 is 88.1 Å². The molecule has 7 aromatic rings. The van der Waals surface area contributed by atoms with Gasteiger partial charge in [-0.2, -0.15) is 0 Å². The van der Waals surface area contributed by atoms with Crippen LogP contribution in [0.2, 0.25) is 10.0 Å². The zero-order valence-electron chi connectivity index (χ0n) is 66.9. The zero-order chi connectivity index (χ0) is 91.4. The van der Waals surface area contributed by atoms with Gasteiger partial charge in [0.1, 0.15) is 101 Å². The summed E-state index contributed by atoms with van der Waals surface area (Å²) in [4.78, 5) is 149. The number of aromatic hydroxyl groups is 3. The molecule has 2 saturated heterocycles. The van der Waals surface area contributed by atoms with Crippen LogP contribution in [0.5, 0.6) is 51.7 Å². The van der Waals surface area contributed by atoms with Crippen LogP contribution >= 0.6 is 23.2 Å². The zero-order valence-corrected chi connectivity index (χ0v) is 68.4. The van der Waals surface area contributed by atoms with E-state index < -0.39 is 277 Å². The number of nitrogens with two attached hydrogens (primary N) is 2. The first-order chi connectivity index (χ1) is 59.6. The van der Waals surface area contributed by atoms with Crippen molar-refractivity contribution in [1.29, 1.82) is 0 Å². The molecule has 7 aliphatic heterocycles. The molecule has 45 heteroatoms. The molecule has 11 amide bonds. The van der Waals surface area contributed by atoms with Crippen LogP contribution in [0.25, 0.3) is 11.1 Å². The number of nitrogens with one attached hydrogen (secondary N) is 11. The third-order valence-corrected chi connectivity index (χ3v) is 21.7. The summed E-state index contributed by atoms with van der Waals surface area (Å²) < 4.78 is 81.9. The van der Waals surface area contributed by atoms with Gasteiger partial charge in [-0.3, -0.25) is 53.6 Å². The first-order valence-electron chi connectivity index (χ1n) is 38.7. The number of carbonyl (C=O) groups excluding carboxylic acids is 10. The van der Waals surface area contributed by atoms with E-state index in [0.29, 0.717) is 5.56 Å². The average Bonchev–Trinajstić information content (AvgIpc) is 0.764. The van der Waals surface area contributed by atoms with Crippen molar-refractivity contribution in [1.82, 2.24) is 58.4 Å². The number of primary amides is 2. The van der Waals surface area contributed by atoms with Crippen LogP contribution in [0.4, 0.5) is 23.7 Å². The number of urea groups is 1. The molecular weight excluding hydrogens is 1710 g/mol. The van der Waals surface area contributed by atoms with E-state index in [1.807, 2.05) is 10.9 Å². The fourth-order valence-corrected chi connectivity index (χ4v) is 15.3. The molecule has 24 N–H and O–H groups in total. The molecule has 14 rings (SSSR count). The summed E-state index contributed by atoms with van der Waals surface area (Å²) in [6.07, 6.45) is -22.3. The minimum absolute atomic E-state index is 0.0437. The number of amides is 11. The molecule has 672 valence electrons. The minimum Gasteiger partial charge on any atom is -0.508 e. The van der Waals surface area contributed by atoms with Crippen molar-refractivity contribution in [2.45, 2.75) is 169 Å². The number of fused-ring (bicyclic) bond motifs is 15. The molecule has 11 bridgehead atoms. The Balaban J connectivity index is 1.01. The van der Waals surface area contributed by atoms with Gasteiger partial charge >= 0.3 is 12.4 Å². The van der Waals surface area contributed by atoms with Gasteiger partial charge in [-0.05, 0) is 152 Å². The number of anilines is 1. The molecule has 2 fully saturated rings. The number of halogens is 5. The summed E-state index contributed by atoms with van der Waals surface area (Å²) in [6.45, 7) is 5.47. The maximum Gasteiger partial charge on any atom is 0.573 e. The highest BCUT2D eigenvalue weighted by molar-refractivity contribution is 6.32. The van der Waals surface area contributed by atoms with Crippen LogP contribution in [-0.2, 0) is 59.1 Å². The van der Waals surface area contributed by atoms with Crippen molar-refractivity contribution < 1.29 is 140 Å². The standard InChI is InChI=1S/C81H87Cl2F3N14O26/c1-31(2)16-46(89-5)71(112)97-61-63(106)36-9-14-50(44(82)19-36)121-52-21-38-22-53(67(52)125-78-68(66(109)65(108)54(30-101)123-78)124-56-26-80(4,69(110)32(3)120-56)91-28-33-17-39(29-90-27-33)92-70(111)34-6-11-41(12-7-34)126-81(84,85)86)122-51-15-10-37(20-45(51)83)64(107)62-76(117)96-60(77(118)99-100-79(88)119)43-23-40(102)24-49(104)57(43)42-18-35(8-13-48(42)103)58(73(114)98-62)95-74(115)59(38)94-72(113)47(25-55(87)105)93-75(61)116/h6-15,17-24,27,29,31-32,46-47,54,56,58-66,68-69,78,89,91,101-104,106-110H,16,25-26,28,30H2,1-5H3,(H2,87,105)(H,92,111)(H,93,116)(H,94,113)(H,95,115)(H,96,117)(H,97,112)(H,98,114)(H,99,118)(H3,88,100,119)/t32?,46?,47?,54?,56?,58?,59?,60-,61?,62?,63?,64?,65?,66?,68?,69?,78?,80-/m1/s1. The van der Waals surface area contributed by atoms with Crippen molar-refractivity contribution in [2.75, 3.05) is 19.0 Å². The molecule has 40 nitrogen and oxygen atoms in total. The number of aliphatic hydroxyl groups excluding tert-OH is 6. The second-order valence-corrected chi connectivity index (χ2v) is 31.5. The number of benzene rings is 6. The van der Waals surface area contributed by atoms with E-state index in [9.17, 15) is 83.1 Å².